The van der Waals surface area contributed by atoms with Gasteiger partial charge in [0.25, 0.3) is 0 Å². The van der Waals surface area contributed by atoms with Gasteiger partial charge >= 0.3 is 0 Å². The lowest BCUT2D eigenvalue weighted by Gasteiger charge is -2.55. The normalized spacial score (nSPS) is 43.8. The molecule has 0 aliphatic heterocycles. The van der Waals surface area contributed by atoms with E-state index in [0.29, 0.717) is 35.5 Å². The zero-order valence-electron chi connectivity index (χ0n) is 24.3. The van der Waals surface area contributed by atoms with Crippen LogP contribution in [0.5, 0.6) is 0 Å². The van der Waals surface area contributed by atoms with Gasteiger partial charge in [-0.3, -0.25) is 0 Å². The molecule has 0 spiro atoms. The van der Waals surface area contributed by atoms with Crippen molar-refractivity contribution in [2.45, 2.75) is 123 Å². The van der Waals surface area contributed by atoms with Crippen molar-refractivity contribution in [2.24, 2.45) is 35.0 Å². The number of hydrogen-bond acceptors (Lipinski definition) is 3. The van der Waals surface area contributed by atoms with Crippen LogP contribution >= 0.6 is 0 Å². The van der Waals surface area contributed by atoms with E-state index in [1.807, 2.05) is 6.92 Å². The molecule has 4 aliphatic rings. The van der Waals surface area contributed by atoms with Gasteiger partial charge in [-0.1, -0.05) is 54.5 Å². The van der Waals surface area contributed by atoms with Crippen molar-refractivity contribution < 1.29 is 14.0 Å². The third-order valence-electron chi connectivity index (χ3n) is 10.2. The molecule has 0 radical (unpaired) electrons. The highest BCUT2D eigenvalue weighted by Crippen LogP contribution is 2.74. The molecule has 0 saturated heterocycles. The molecule has 4 rings (SSSR count). The fourth-order valence-electron chi connectivity index (χ4n) is 7.61. The highest BCUT2D eigenvalue weighted by molar-refractivity contribution is 6.74. The molecule has 0 aromatic rings. The maximum Gasteiger partial charge on any atom is 0.192 e. The number of aliphatic hydroxyl groups is 1. The Kier molecular flexibility index (Phi) is 6.05. The van der Waals surface area contributed by atoms with Crippen molar-refractivity contribution >= 4 is 16.6 Å². The molecule has 3 nitrogen and oxygen atoms in total. The largest absolute Gasteiger partial charge is 0.413 e. The Balaban J connectivity index is 1.97. The van der Waals surface area contributed by atoms with Crippen LogP contribution in [-0.2, 0) is 8.85 Å². The van der Waals surface area contributed by atoms with E-state index in [1.165, 1.54) is 17.6 Å². The lowest BCUT2D eigenvalue weighted by Crippen LogP contribution is -2.61. The lowest BCUT2D eigenvalue weighted by molar-refractivity contribution is -0.0975. The van der Waals surface area contributed by atoms with Crippen LogP contribution in [0, 0.1) is 35.0 Å². The van der Waals surface area contributed by atoms with Crippen molar-refractivity contribution in [3.63, 3.8) is 0 Å². The molecule has 0 heterocycles. The van der Waals surface area contributed by atoms with Crippen molar-refractivity contribution in [2.75, 3.05) is 0 Å². The molecule has 0 aromatic heterocycles. The maximum atomic E-state index is 11.2. The quantitative estimate of drug-likeness (QED) is 0.402. The van der Waals surface area contributed by atoms with Crippen molar-refractivity contribution in [1.29, 1.82) is 0 Å². The molecule has 5 heteroatoms. The van der Waals surface area contributed by atoms with Gasteiger partial charge in [0, 0.05) is 12.3 Å². The molecular formula is C29H52O3Si2. The summed E-state index contributed by atoms with van der Waals surface area (Å²) in [6.45, 7) is 30.6. The van der Waals surface area contributed by atoms with Gasteiger partial charge in [-0.15, -0.1) is 0 Å². The molecule has 0 amide bonds. The first-order chi connectivity index (χ1) is 15.1. The average Bonchev–Trinajstić information content (AvgIpc) is 3.01. The summed E-state index contributed by atoms with van der Waals surface area (Å²) < 4.78 is 14.9. The summed E-state index contributed by atoms with van der Waals surface area (Å²) in [5, 5.41) is 11.4. The topological polar surface area (TPSA) is 38.7 Å². The van der Waals surface area contributed by atoms with Crippen LogP contribution in [0.2, 0.25) is 37.8 Å². The minimum Gasteiger partial charge on any atom is -0.413 e. The Hall–Kier alpha value is -0.206. The number of hydrogen-bond donors (Lipinski definition) is 1. The van der Waals surface area contributed by atoms with Gasteiger partial charge < -0.3 is 14.0 Å². The predicted octanol–water partition coefficient (Wildman–Crippen LogP) is 7.55. The Bertz CT molecular complexity index is 901. The minimum atomic E-state index is -2.01. The molecule has 8 atom stereocenters. The van der Waals surface area contributed by atoms with Crippen LogP contribution in [-0.4, -0.2) is 39.0 Å². The van der Waals surface area contributed by atoms with Crippen LogP contribution in [0.4, 0.5) is 0 Å². The Morgan fingerprint density at radius 3 is 2.12 bits per heavy atom. The van der Waals surface area contributed by atoms with Crippen molar-refractivity contribution in [1.82, 2.24) is 0 Å². The summed E-state index contributed by atoms with van der Waals surface area (Å²) in [5.74, 6) is 2.32. The van der Waals surface area contributed by atoms with E-state index in [9.17, 15) is 5.11 Å². The molecule has 0 bridgehead atoms. The average molecular weight is 505 g/mol. The molecular weight excluding hydrogens is 452 g/mol. The van der Waals surface area contributed by atoms with Crippen LogP contribution < -0.4 is 0 Å². The summed E-state index contributed by atoms with van der Waals surface area (Å²) in [7, 11) is -3.94. The van der Waals surface area contributed by atoms with E-state index in [2.05, 4.69) is 93.4 Å². The first kappa shape index (κ1) is 26.8. The van der Waals surface area contributed by atoms with Crippen LogP contribution in [0.1, 0.15) is 68.2 Å². The van der Waals surface area contributed by atoms with E-state index in [4.69, 9.17) is 8.85 Å². The monoisotopic (exact) mass is 504 g/mol. The fraction of sp³-hybridized carbons (Fsp3) is 0.862. The summed E-state index contributed by atoms with van der Waals surface area (Å²) >= 11 is 0. The third kappa shape index (κ3) is 4.10. The first-order valence-electron chi connectivity index (χ1n) is 13.7. The third-order valence-corrected chi connectivity index (χ3v) is 15.6. The SMILES string of the molecule is C[C@@H]1C=C2CC(C)(O)C=C2[C@]2(O[Si](C)(C)C)[C@@H]([C@@H]1O[Si](C)(C)C(C)(C)C)[C@H]1[C@@H](C[C@H]2C)C1(C)C. The van der Waals surface area contributed by atoms with E-state index in [0.717, 1.165) is 5.92 Å². The van der Waals surface area contributed by atoms with Gasteiger partial charge in [0.05, 0.1) is 17.3 Å². The Morgan fingerprint density at radius 1 is 1.00 bits per heavy atom. The van der Waals surface area contributed by atoms with E-state index in [-0.39, 0.29) is 16.7 Å². The predicted molar refractivity (Wildman–Crippen MR) is 148 cm³/mol. The van der Waals surface area contributed by atoms with Gasteiger partial charge in [-0.2, -0.15) is 0 Å². The smallest absolute Gasteiger partial charge is 0.192 e. The standard InChI is InChI=1S/C29H52O3Si2/c1-18-14-20-16-28(8,30)17-22(20)29(32-33(9,10)11)19(2)15-21-23(27(21,6)7)24(29)25(18)31-34(12,13)26(3,4)5/h14,17-19,21,23-25,30H,15-16H2,1-13H3/t18-,19-,21-,23-,24-,25-,28?,29+/m1/s1. The molecule has 2 saturated carbocycles. The molecule has 1 unspecified atom stereocenters. The Labute approximate surface area is 212 Å². The van der Waals surface area contributed by atoms with Gasteiger partial charge in [0.1, 0.15) is 0 Å². The summed E-state index contributed by atoms with van der Waals surface area (Å²) in [6.07, 6.45) is 6.66. The second-order valence-corrected chi connectivity index (χ2v) is 24.8. The van der Waals surface area contributed by atoms with Crippen molar-refractivity contribution in [3.8, 4) is 0 Å². The van der Waals surface area contributed by atoms with Gasteiger partial charge in [-0.25, -0.2) is 0 Å². The number of rotatable bonds is 4. The molecule has 34 heavy (non-hydrogen) atoms. The molecule has 2 fully saturated rings. The first-order valence-corrected chi connectivity index (χ1v) is 20.0. The minimum absolute atomic E-state index is 0.137. The van der Waals surface area contributed by atoms with E-state index < -0.39 is 22.2 Å². The van der Waals surface area contributed by atoms with Crippen LogP contribution in [0.25, 0.3) is 0 Å². The van der Waals surface area contributed by atoms with Crippen molar-refractivity contribution in [3.05, 3.63) is 23.3 Å². The highest BCUT2D eigenvalue weighted by atomic mass is 28.4. The second kappa shape index (κ2) is 7.66. The van der Waals surface area contributed by atoms with E-state index in [1.54, 1.807) is 0 Å². The summed E-state index contributed by atoms with van der Waals surface area (Å²) in [4.78, 5) is 0. The van der Waals surface area contributed by atoms with E-state index >= 15 is 0 Å². The molecule has 0 aromatic carbocycles. The van der Waals surface area contributed by atoms with Gasteiger partial charge in [0.15, 0.2) is 16.6 Å². The summed E-state index contributed by atoms with van der Waals surface area (Å²) in [6, 6.07) is 0. The van der Waals surface area contributed by atoms with Crippen LogP contribution in [0.3, 0.4) is 0 Å². The highest BCUT2D eigenvalue weighted by Gasteiger charge is 2.74. The van der Waals surface area contributed by atoms with Gasteiger partial charge in [-0.05, 0) is 97.4 Å². The maximum absolute atomic E-state index is 11.2. The Morgan fingerprint density at radius 2 is 1.59 bits per heavy atom. The molecule has 4 aliphatic carbocycles. The summed E-state index contributed by atoms with van der Waals surface area (Å²) in [5.41, 5.74) is 1.73. The zero-order valence-corrected chi connectivity index (χ0v) is 26.3. The number of fused-ring (bicyclic) bond motifs is 5. The van der Waals surface area contributed by atoms with Gasteiger partial charge in [0.2, 0.25) is 0 Å². The lowest BCUT2D eigenvalue weighted by atomic mass is 9.62. The zero-order chi connectivity index (χ0) is 25.9. The fourth-order valence-corrected chi connectivity index (χ4v) is 10.5. The molecule has 1 N–H and O–H groups in total. The van der Waals surface area contributed by atoms with Crippen LogP contribution in [0.15, 0.2) is 23.3 Å². The molecule has 194 valence electrons. The second-order valence-electron chi connectivity index (χ2n) is 15.6.